The van der Waals surface area contributed by atoms with Gasteiger partial charge in [0, 0.05) is 4.88 Å². The number of anilines is 1. The van der Waals surface area contributed by atoms with Gasteiger partial charge in [-0.1, -0.05) is 20.3 Å². The number of nitrogens with two attached hydrogens (primary N) is 1. The molecule has 0 bridgehead atoms. The van der Waals surface area contributed by atoms with E-state index >= 15 is 0 Å². The highest BCUT2D eigenvalue weighted by Gasteiger charge is 2.14. The average Bonchev–Trinajstić information content (AvgIpc) is 2.59. The Balaban J connectivity index is 2.62. The number of hydrogen-bond donors (Lipinski definition) is 2. The van der Waals surface area contributed by atoms with Crippen LogP contribution in [0.25, 0.3) is 0 Å². The van der Waals surface area contributed by atoms with E-state index in [0.717, 1.165) is 23.4 Å². The minimum absolute atomic E-state index is 0.141. The van der Waals surface area contributed by atoms with Crippen LogP contribution in [0.1, 0.15) is 37.3 Å². The molecule has 0 aliphatic carbocycles. The van der Waals surface area contributed by atoms with Crippen LogP contribution < -0.4 is 11.1 Å². The van der Waals surface area contributed by atoms with Gasteiger partial charge in [-0.15, -0.1) is 11.3 Å². The molecule has 1 atom stereocenters. The molecule has 4 nitrogen and oxygen atoms in total. The van der Waals surface area contributed by atoms with Crippen molar-refractivity contribution in [1.29, 1.82) is 0 Å². The van der Waals surface area contributed by atoms with E-state index in [4.69, 9.17) is 5.73 Å². The number of thiazole rings is 1. The number of nitrogens with zero attached hydrogens (tertiary/aromatic N) is 1. The molecule has 1 aromatic rings. The molecule has 1 rings (SSSR count). The van der Waals surface area contributed by atoms with Crippen LogP contribution in [-0.2, 0) is 11.2 Å². The molecular weight excluding hydrogens is 222 g/mol. The van der Waals surface area contributed by atoms with Gasteiger partial charge in [0.2, 0.25) is 5.91 Å². The van der Waals surface area contributed by atoms with Crippen molar-refractivity contribution < 1.29 is 4.79 Å². The van der Waals surface area contributed by atoms with E-state index in [9.17, 15) is 4.79 Å². The molecule has 0 saturated heterocycles. The zero-order valence-corrected chi connectivity index (χ0v) is 10.9. The average molecular weight is 241 g/mol. The van der Waals surface area contributed by atoms with Gasteiger partial charge in [-0.25, -0.2) is 4.98 Å². The summed E-state index contributed by atoms with van der Waals surface area (Å²) in [6.07, 6.45) is 2.50. The molecule has 0 unspecified atom stereocenters. The fourth-order valence-corrected chi connectivity index (χ4v) is 2.35. The molecule has 0 aromatic carbocycles. The van der Waals surface area contributed by atoms with Crippen LogP contribution in [0.5, 0.6) is 0 Å². The van der Waals surface area contributed by atoms with Gasteiger partial charge in [-0.2, -0.15) is 0 Å². The van der Waals surface area contributed by atoms with E-state index in [0.29, 0.717) is 11.6 Å². The lowest BCUT2D eigenvalue weighted by atomic mass is 10.2. The molecule has 1 heterocycles. The van der Waals surface area contributed by atoms with Gasteiger partial charge < -0.3 is 11.1 Å². The predicted molar refractivity (Wildman–Crippen MR) is 67.7 cm³/mol. The first kappa shape index (κ1) is 13.1. The summed E-state index contributed by atoms with van der Waals surface area (Å²) in [5, 5.41) is 3.42. The highest BCUT2D eigenvalue weighted by atomic mass is 32.1. The smallest absolute Gasteiger partial charge is 0.243 e. The number of amides is 1. The molecule has 16 heavy (non-hydrogen) atoms. The Morgan fingerprint density at radius 3 is 2.75 bits per heavy atom. The molecule has 0 aliphatic heterocycles. The third kappa shape index (κ3) is 3.28. The summed E-state index contributed by atoms with van der Waals surface area (Å²) in [6, 6.07) is -0.431. The number of aromatic nitrogens is 1. The van der Waals surface area contributed by atoms with Crippen molar-refractivity contribution in [2.24, 2.45) is 5.73 Å². The van der Waals surface area contributed by atoms with Crippen molar-refractivity contribution in [3.8, 4) is 0 Å². The summed E-state index contributed by atoms with van der Waals surface area (Å²) in [6.45, 7) is 6.07. The van der Waals surface area contributed by atoms with Crippen molar-refractivity contribution in [2.75, 3.05) is 5.32 Å². The molecule has 0 saturated carbocycles. The summed E-state index contributed by atoms with van der Waals surface area (Å²) >= 11 is 1.50. The number of aryl methyl sites for hydroxylation is 2. The van der Waals surface area contributed by atoms with Crippen molar-refractivity contribution in [1.82, 2.24) is 4.98 Å². The van der Waals surface area contributed by atoms with Gasteiger partial charge in [0.1, 0.15) is 0 Å². The molecular formula is C11H19N3OS. The Bertz CT molecular complexity index is 362. The van der Waals surface area contributed by atoms with E-state index in [-0.39, 0.29) is 5.91 Å². The second kappa shape index (κ2) is 5.96. The molecule has 90 valence electrons. The second-order valence-electron chi connectivity index (χ2n) is 3.76. The highest BCUT2D eigenvalue weighted by Crippen LogP contribution is 2.22. The molecule has 0 spiro atoms. The van der Waals surface area contributed by atoms with Gasteiger partial charge in [0.15, 0.2) is 5.13 Å². The number of nitrogens with one attached hydrogen (secondary N) is 1. The van der Waals surface area contributed by atoms with Crippen molar-refractivity contribution in [2.45, 2.75) is 46.1 Å². The Morgan fingerprint density at radius 2 is 2.25 bits per heavy atom. The number of carbonyl (C=O) groups excluding carboxylic acids is 1. The highest BCUT2D eigenvalue weighted by molar-refractivity contribution is 7.15. The zero-order chi connectivity index (χ0) is 12.1. The Hall–Kier alpha value is -0.940. The molecule has 1 aromatic heterocycles. The fraction of sp³-hybridized carbons (Fsp3) is 0.636. The van der Waals surface area contributed by atoms with E-state index in [2.05, 4.69) is 17.2 Å². The van der Waals surface area contributed by atoms with Crippen LogP contribution in [0.3, 0.4) is 0 Å². The maximum Gasteiger partial charge on any atom is 0.243 e. The summed E-state index contributed by atoms with van der Waals surface area (Å²) in [4.78, 5) is 17.1. The summed E-state index contributed by atoms with van der Waals surface area (Å²) in [7, 11) is 0. The summed E-state index contributed by atoms with van der Waals surface area (Å²) < 4.78 is 0. The predicted octanol–water partition coefficient (Wildman–Crippen LogP) is 2.08. The van der Waals surface area contributed by atoms with Gasteiger partial charge in [-0.3, -0.25) is 4.79 Å². The minimum atomic E-state index is -0.431. The molecule has 3 N–H and O–H groups in total. The van der Waals surface area contributed by atoms with Crippen LogP contribution in [-0.4, -0.2) is 16.9 Å². The number of hydrogen-bond acceptors (Lipinski definition) is 4. The molecule has 1 amide bonds. The zero-order valence-electron chi connectivity index (χ0n) is 10.0. The second-order valence-corrected chi connectivity index (χ2v) is 4.96. The monoisotopic (exact) mass is 241 g/mol. The molecule has 0 fully saturated rings. The molecule has 0 radical (unpaired) electrons. The quantitative estimate of drug-likeness (QED) is 0.829. The largest absolute Gasteiger partial charge is 0.320 e. The fourth-order valence-electron chi connectivity index (χ4n) is 1.45. The van der Waals surface area contributed by atoms with Crippen molar-refractivity contribution in [3.63, 3.8) is 0 Å². The van der Waals surface area contributed by atoms with Crippen LogP contribution in [0.4, 0.5) is 5.13 Å². The lowest BCUT2D eigenvalue weighted by Gasteiger charge is -2.08. The van der Waals surface area contributed by atoms with E-state index < -0.39 is 6.04 Å². The Labute approximate surface area is 100 Å². The summed E-state index contributed by atoms with van der Waals surface area (Å²) in [5.74, 6) is -0.141. The molecule has 0 aliphatic rings. The van der Waals surface area contributed by atoms with Gasteiger partial charge >= 0.3 is 0 Å². The Kier molecular flexibility index (Phi) is 4.89. The minimum Gasteiger partial charge on any atom is -0.320 e. The van der Waals surface area contributed by atoms with Crippen LogP contribution in [0, 0.1) is 6.92 Å². The lowest BCUT2D eigenvalue weighted by molar-refractivity contribution is -0.117. The normalized spacial score (nSPS) is 12.5. The van der Waals surface area contributed by atoms with Gasteiger partial charge in [0.05, 0.1) is 11.7 Å². The SMILES string of the molecule is CCC[C@H](N)C(=O)Nc1nc(CC)c(C)s1. The van der Waals surface area contributed by atoms with Crippen molar-refractivity contribution >= 4 is 22.4 Å². The number of rotatable bonds is 5. The number of carbonyl (C=O) groups is 1. The maximum atomic E-state index is 11.6. The summed E-state index contributed by atoms with van der Waals surface area (Å²) in [5.41, 5.74) is 6.76. The van der Waals surface area contributed by atoms with E-state index in [1.165, 1.54) is 11.3 Å². The first-order valence-corrected chi connectivity index (χ1v) is 6.42. The van der Waals surface area contributed by atoms with Gasteiger partial charge in [-0.05, 0) is 19.8 Å². The van der Waals surface area contributed by atoms with E-state index in [1.807, 2.05) is 13.8 Å². The third-order valence-corrected chi connectivity index (χ3v) is 3.32. The van der Waals surface area contributed by atoms with Gasteiger partial charge in [0.25, 0.3) is 0 Å². The third-order valence-electron chi connectivity index (χ3n) is 2.39. The van der Waals surface area contributed by atoms with Crippen LogP contribution in [0.15, 0.2) is 0 Å². The molecule has 5 heteroatoms. The lowest BCUT2D eigenvalue weighted by Crippen LogP contribution is -2.35. The van der Waals surface area contributed by atoms with E-state index in [1.54, 1.807) is 0 Å². The van der Waals surface area contributed by atoms with Crippen molar-refractivity contribution in [3.05, 3.63) is 10.6 Å². The standard InChI is InChI=1S/C11H19N3OS/c1-4-6-8(12)10(15)14-11-13-9(5-2)7(3)16-11/h8H,4-6,12H2,1-3H3,(H,13,14,15)/t8-/m0/s1. The van der Waals surface area contributed by atoms with Crippen LogP contribution >= 0.6 is 11.3 Å². The topological polar surface area (TPSA) is 68.0 Å². The first-order valence-electron chi connectivity index (χ1n) is 5.61. The first-order chi connectivity index (χ1) is 7.58. The Morgan fingerprint density at radius 1 is 1.56 bits per heavy atom. The maximum absolute atomic E-state index is 11.6. The van der Waals surface area contributed by atoms with Crippen LogP contribution in [0.2, 0.25) is 0 Å².